The van der Waals surface area contributed by atoms with Gasteiger partial charge in [0.25, 0.3) is 0 Å². The molecular formula is C6H13NO. The van der Waals surface area contributed by atoms with Crippen LogP contribution in [-0.2, 0) is 4.84 Å². The van der Waals surface area contributed by atoms with E-state index in [1.54, 1.807) is 7.11 Å². The lowest BCUT2D eigenvalue weighted by atomic mass is 10.2. The Kier molecular flexibility index (Phi) is 2.30. The van der Waals surface area contributed by atoms with E-state index in [1.807, 2.05) is 5.06 Å². The second-order valence-corrected chi connectivity index (χ2v) is 2.17. The molecule has 2 heteroatoms. The minimum absolute atomic E-state index is 1.12. The molecule has 0 aliphatic carbocycles. The predicted octanol–water partition coefficient (Wildman–Crippen LogP) is 1.03. The highest BCUT2D eigenvalue weighted by atomic mass is 16.7. The minimum Gasteiger partial charge on any atom is -0.302 e. The number of rotatable bonds is 1. The van der Waals surface area contributed by atoms with Crippen LogP contribution in [0.2, 0.25) is 0 Å². The summed E-state index contributed by atoms with van der Waals surface area (Å²) in [7, 11) is 1.74. The van der Waals surface area contributed by atoms with Gasteiger partial charge in [0.15, 0.2) is 0 Å². The number of hydrogen-bond acceptors (Lipinski definition) is 2. The molecular weight excluding hydrogens is 102 g/mol. The van der Waals surface area contributed by atoms with E-state index in [0.29, 0.717) is 0 Å². The third-order valence-corrected chi connectivity index (χ3v) is 1.57. The van der Waals surface area contributed by atoms with Crippen molar-refractivity contribution in [1.29, 1.82) is 0 Å². The minimum atomic E-state index is 1.12. The van der Waals surface area contributed by atoms with Crippen LogP contribution in [0.25, 0.3) is 0 Å². The fourth-order valence-corrected chi connectivity index (χ4v) is 1.05. The summed E-state index contributed by atoms with van der Waals surface area (Å²) in [6.45, 7) is 2.24. The van der Waals surface area contributed by atoms with Crippen molar-refractivity contribution in [2.45, 2.75) is 19.3 Å². The second kappa shape index (κ2) is 3.05. The third kappa shape index (κ3) is 1.46. The van der Waals surface area contributed by atoms with Crippen LogP contribution in [0.15, 0.2) is 0 Å². The first-order valence-corrected chi connectivity index (χ1v) is 3.22. The number of nitrogens with zero attached hydrogens (tertiary/aromatic N) is 1. The maximum atomic E-state index is 5.02. The van der Waals surface area contributed by atoms with Crippen LogP contribution < -0.4 is 0 Å². The lowest BCUT2D eigenvalue weighted by molar-refractivity contribution is -0.141. The average Bonchev–Trinajstić information content (AvgIpc) is 1.90. The monoisotopic (exact) mass is 115 g/mol. The van der Waals surface area contributed by atoms with Crippen LogP contribution in [0.5, 0.6) is 0 Å². The van der Waals surface area contributed by atoms with Gasteiger partial charge in [-0.2, -0.15) is 5.06 Å². The summed E-state index contributed by atoms with van der Waals surface area (Å²) >= 11 is 0. The Hall–Kier alpha value is -0.0800. The highest BCUT2D eigenvalue weighted by Crippen LogP contribution is 2.07. The van der Waals surface area contributed by atoms with Gasteiger partial charge in [0.05, 0.1) is 7.11 Å². The van der Waals surface area contributed by atoms with Crippen LogP contribution >= 0.6 is 0 Å². The van der Waals surface area contributed by atoms with Gasteiger partial charge in [-0.05, 0) is 12.8 Å². The third-order valence-electron chi connectivity index (χ3n) is 1.57. The molecule has 1 saturated heterocycles. The lowest BCUT2D eigenvalue weighted by Gasteiger charge is -2.23. The van der Waals surface area contributed by atoms with Crippen LogP contribution in [0, 0.1) is 0 Å². The van der Waals surface area contributed by atoms with Crippen LogP contribution in [0.1, 0.15) is 19.3 Å². The van der Waals surface area contributed by atoms with E-state index in [2.05, 4.69) is 0 Å². The molecule has 8 heavy (non-hydrogen) atoms. The molecule has 0 aromatic carbocycles. The predicted molar refractivity (Wildman–Crippen MR) is 32.4 cm³/mol. The van der Waals surface area contributed by atoms with Crippen molar-refractivity contribution in [3.63, 3.8) is 0 Å². The average molecular weight is 115 g/mol. The van der Waals surface area contributed by atoms with E-state index < -0.39 is 0 Å². The van der Waals surface area contributed by atoms with Gasteiger partial charge in [-0.25, -0.2) is 0 Å². The maximum Gasteiger partial charge on any atom is 0.0575 e. The Morgan fingerprint density at radius 1 is 1.12 bits per heavy atom. The van der Waals surface area contributed by atoms with E-state index in [9.17, 15) is 0 Å². The quantitative estimate of drug-likeness (QED) is 0.506. The normalized spacial score (nSPS) is 23.6. The lowest BCUT2D eigenvalue weighted by Crippen LogP contribution is -2.28. The van der Waals surface area contributed by atoms with Gasteiger partial charge in [0.2, 0.25) is 0 Å². The molecule has 1 fully saturated rings. The van der Waals surface area contributed by atoms with Crippen LogP contribution in [0.3, 0.4) is 0 Å². The van der Waals surface area contributed by atoms with E-state index >= 15 is 0 Å². The summed E-state index contributed by atoms with van der Waals surface area (Å²) in [6, 6.07) is 0. The molecule has 0 atom stereocenters. The number of piperidine rings is 1. The van der Waals surface area contributed by atoms with Crippen molar-refractivity contribution < 1.29 is 4.84 Å². The molecule has 48 valence electrons. The van der Waals surface area contributed by atoms with Crippen molar-refractivity contribution in [2.24, 2.45) is 0 Å². The van der Waals surface area contributed by atoms with Crippen molar-refractivity contribution in [3.05, 3.63) is 0 Å². The standard InChI is InChI=1S/C6H13NO/c1-8-7-5-3-2-4-6-7/h2-6H2,1H3. The van der Waals surface area contributed by atoms with Gasteiger partial charge in [-0.15, -0.1) is 0 Å². The molecule has 0 aromatic heterocycles. The molecule has 2 nitrogen and oxygen atoms in total. The summed E-state index contributed by atoms with van der Waals surface area (Å²) in [6.07, 6.45) is 3.97. The fourth-order valence-electron chi connectivity index (χ4n) is 1.05. The highest BCUT2D eigenvalue weighted by Gasteiger charge is 2.06. The molecule has 0 radical (unpaired) electrons. The van der Waals surface area contributed by atoms with Gasteiger partial charge in [-0.1, -0.05) is 6.42 Å². The van der Waals surface area contributed by atoms with Gasteiger partial charge in [0.1, 0.15) is 0 Å². The SMILES string of the molecule is CON1CCCCC1. The van der Waals surface area contributed by atoms with Gasteiger partial charge < -0.3 is 4.84 Å². The van der Waals surface area contributed by atoms with E-state index in [-0.39, 0.29) is 0 Å². The van der Waals surface area contributed by atoms with Crippen molar-refractivity contribution >= 4 is 0 Å². The van der Waals surface area contributed by atoms with E-state index in [1.165, 1.54) is 19.3 Å². The summed E-state index contributed by atoms with van der Waals surface area (Å²) < 4.78 is 0. The molecule has 0 saturated carbocycles. The van der Waals surface area contributed by atoms with Gasteiger partial charge in [-0.3, -0.25) is 0 Å². The largest absolute Gasteiger partial charge is 0.302 e. The Morgan fingerprint density at radius 3 is 2.12 bits per heavy atom. The van der Waals surface area contributed by atoms with E-state index in [0.717, 1.165) is 13.1 Å². The first-order chi connectivity index (χ1) is 3.93. The van der Waals surface area contributed by atoms with Crippen molar-refractivity contribution in [1.82, 2.24) is 5.06 Å². The second-order valence-electron chi connectivity index (χ2n) is 2.17. The maximum absolute atomic E-state index is 5.02. The Labute approximate surface area is 50.4 Å². The fraction of sp³-hybridized carbons (Fsp3) is 1.00. The molecule has 1 aliphatic rings. The Morgan fingerprint density at radius 2 is 1.75 bits per heavy atom. The summed E-state index contributed by atoms with van der Waals surface area (Å²) in [4.78, 5) is 5.02. The summed E-state index contributed by atoms with van der Waals surface area (Å²) in [5.41, 5.74) is 0. The van der Waals surface area contributed by atoms with Gasteiger partial charge >= 0.3 is 0 Å². The van der Waals surface area contributed by atoms with Crippen LogP contribution in [-0.4, -0.2) is 25.3 Å². The topological polar surface area (TPSA) is 12.5 Å². The zero-order valence-corrected chi connectivity index (χ0v) is 5.39. The number of hydrogen-bond donors (Lipinski definition) is 0. The Bertz CT molecular complexity index is 59.5. The molecule has 1 aliphatic heterocycles. The molecule has 0 N–H and O–H groups in total. The summed E-state index contributed by atoms with van der Waals surface area (Å²) in [5.74, 6) is 0. The number of hydroxylamine groups is 2. The molecule has 0 spiro atoms. The summed E-state index contributed by atoms with van der Waals surface area (Å²) in [5, 5.41) is 2.02. The zero-order chi connectivity index (χ0) is 5.82. The molecule has 1 heterocycles. The van der Waals surface area contributed by atoms with Crippen molar-refractivity contribution in [2.75, 3.05) is 20.2 Å². The van der Waals surface area contributed by atoms with E-state index in [4.69, 9.17) is 4.84 Å². The molecule has 0 aromatic rings. The first-order valence-electron chi connectivity index (χ1n) is 3.22. The first kappa shape index (κ1) is 6.05. The van der Waals surface area contributed by atoms with Crippen LogP contribution in [0.4, 0.5) is 0 Å². The molecule has 0 bridgehead atoms. The Balaban J connectivity index is 2.13. The highest BCUT2D eigenvalue weighted by molar-refractivity contribution is 4.55. The molecule has 1 rings (SSSR count). The van der Waals surface area contributed by atoms with Crippen molar-refractivity contribution in [3.8, 4) is 0 Å². The molecule has 0 unspecified atom stereocenters. The zero-order valence-electron chi connectivity index (χ0n) is 5.39. The molecule has 0 amide bonds. The smallest absolute Gasteiger partial charge is 0.0575 e. The van der Waals surface area contributed by atoms with Gasteiger partial charge in [0, 0.05) is 13.1 Å².